The van der Waals surface area contributed by atoms with Crippen LogP contribution in [0.15, 0.2) is 27.6 Å². The van der Waals surface area contributed by atoms with Crippen molar-refractivity contribution in [1.29, 1.82) is 0 Å². The molecule has 1 rings (SSSR count). The minimum atomic E-state index is -5.49. The molecule has 0 saturated heterocycles. The van der Waals surface area contributed by atoms with E-state index in [1.165, 1.54) is 0 Å². The zero-order valence-corrected chi connectivity index (χ0v) is 10.1. The molecule has 0 heterocycles. The van der Waals surface area contributed by atoms with Crippen LogP contribution in [0.1, 0.15) is 0 Å². The van der Waals surface area contributed by atoms with Crippen molar-refractivity contribution in [3.63, 3.8) is 0 Å². The predicted molar refractivity (Wildman–Crippen MR) is 54.0 cm³/mol. The SMILES string of the molecule is O=[N+]([O-])c1ccc(S(=O)(=O)C(F)(F)F)cc1Br. The fourth-order valence-electron chi connectivity index (χ4n) is 0.936. The molecule has 0 aromatic heterocycles. The van der Waals surface area contributed by atoms with Crippen molar-refractivity contribution in [2.75, 3.05) is 0 Å². The Morgan fingerprint density at radius 2 is 1.82 bits per heavy atom. The second kappa shape index (κ2) is 4.26. The summed E-state index contributed by atoms with van der Waals surface area (Å²) in [4.78, 5) is 8.48. The highest BCUT2D eigenvalue weighted by Crippen LogP contribution is 2.34. The van der Waals surface area contributed by atoms with E-state index in [1.54, 1.807) is 0 Å². The van der Waals surface area contributed by atoms with Crippen molar-refractivity contribution in [1.82, 2.24) is 0 Å². The van der Waals surface area contributed by atoms with Crippen molar-refractivity contribution >= 4 is 31.5 Å². The normalized spacial score (nSPS) is 12.5. The van der Waals surface area contributed by atoms with Crippen molar-refractivity contribution in [2.45, 2.75) is 10.4 Å². The number of nitro groups is 1. The number of nitrogens with zero attached hydrogens (tertiary/aromatic N) is 1. The summed E-state index contributed by atoms with van der Waals surface area (Å²) in [5.41, 5.74) is -5.96. The van der Waals surface area contributed by atoms with E-state index in [9.17, 15) is 31.7 Å². The average Bonchev–Trinajstić information content (AvgIpc) is 2.14. The maximum Gasteiger partial charge on any atom is 0.501 e. The molecule has 10 heteroatoms. The molecular formula is C7H3BrF3NO4S. The highest BCUT2D eigenvalue weighted by molar-refractivity contribution is 9.10. The van der Waals surface area contributed by atoms with Gasteiger partial charge in [0.2, 0.25) is 0 Å². The van der Waals surface area contributed by atoms with E-state index in [1.807, 2.05) is 0 Å². The van der Waals surface area contributed by atoms with Gasteiger partial charge in [0.15, 0.2) is 0 Å². The molecule has 1 aromatic rings. The number of rotatable bonds is 2. The quantitative estimate of drug-likeness (QED) is 0.615. The van der Waals surface area contributed by atoms with Crippen LogP contribution in [0.2, 0.25) is 0 Å². The Labute approximate surface area is 101 Å². The van der Waals surface area contributed by atoms with Gasteiger partial charge >= 0.3 is 5.51 Å². The standard InChI is InChI=1S/C7H3BrF3NO4S/c8-5-3-4(1-2-6(5)12(13)14)17(15,16)7(9,10)11/h1-3H. The van der Waals surface area contributed by atoms with Crippen LogP contribution in [0.25, 0.3) is 0 Å². The second-order valence-electron chi connectivity index (χ2n) is 2.82. The van der Waals surface area contributed by atoms with Crippen molar-refractivity contribution in [2.24, 2.45) is 0 Å². The van der Waals surface area contributed by atoms with E-state index < -0.39 is 30.9 Å². The molecule has 94 valence electrons. The van der Waals surface area contributed by atoms with E-state index in [-0.39, 0.29) is 4.47 Å². The fourth-order valence-corrected chi connectivity index (χ4v) is 2.40. The third-order valence-corrected chi connectivity index (χ3v) is 3.85. The Morgan fingerprint density at radius 3 is 2.18 bits per heavy atom. The van der Waals surface area contributed by atoms with Gasteiger partial charge in [0.05, 0.1) is 14.3 Å². The molecule has 0 atom stereocenters. The lowest BCUT2D eigenvalue weighted by Gasteiger charge is -2.08. The number of hydrogen-bond acceptors (Lipinski definition) is 4. The molecule has 0 aliphatic rings. The van der Waals surface area contributed by atoms with Crippen LogP contribution >= 0.6 is 15.9 Å². The number of benzene rings is 1. The van der Waals surface area contributed by atoms with E-state index in [0.29, 0.717) is 18.2 Å². The Bertz CT molecular complexity index is 569. The van der Waals surface area contributed by atoms with E-state index in [2.05, 4.69) is 15.9 Å². The summed E-state index contributed by atoms with van der Waals surface area (Å²) in [6.07, 6.45) is 0. The first-order chi connectivity index (χ1) is 7.57. The highest BCUT2D eigenvalue weighted by atomic mass is 79.9. The minimum Gasteiger partial charge on any atom is -0.258 e. The van der Waals surface area contributed by atoms with Crippen molar-refractivity contribution in [3.05, 3.63) is 32.8 Å². The van der Waals surface area contributed by atoms with Gasteiger partial charge in [0.1, 0.15) is 0 Å². The van der Waals surface area contributed by atoms with E-state index >= 15 is 0 Å². The van der Waals surface area contributed by atoms with Crippen LogP contribution in [-0.2, 0) is 9.84 Å². The topological polar surface area (TPSA) is 77.3 Å². The van der Waals surface area contributed by atoms with Crippen LogP contribution in [0, 0.1) is 10.1 Å². The Balaban J connectivity index is 3.39. The smallest absolute Gasteiger partial charge is 0.258 e. The van der Waals surface area contributed by atoms with Crippen LogP contribution in [0.3, 0.4) is 0 Å². The summed E-state index contributed by atoms with van der Waals surface area (Å²) in [6.45, 7) is 0. The molecule has 0 N–H and O–H groups in total. The lowest BCUT2D eigenvalue weighted by atomic mass is 10.3. The van der Waals surface area contributed by atoms with Crippen molar-refractivity contribution in [3.8, 4) is 0 Å². The molecule has 0 spiro atoms. The number of hydrogen-bond donors (Lipinski definition) is 0. The molecule has 0 aliphatic heterocycles. The molecule has 0 fully saturated rings. The molecule has 0 aliphatic carbocycles. The fraction of sp³-hybridized carbons (Fsp3) is 0.143. The van der Waals surface area contributed by atoms with Crippen LogP contribution in [-0.4, -0.2) is 18.8 Å². The monoisotopic (exact) mass is 333 g/mol. The Kier molecular flexibility index (Phi) is 3.48. The minimum absolute atomic E-state index is 0.340. The summed E-state index contributed by atoms with van der Waals surface area (Å²) in [6, 6.07) is 1.76. The van der Waals surface area contributed by atoms with Gasteiger partial charge in [0.25, 0.3) is 15.5 Å². The zero-order valence-electron chi connectivity index (χ0n) is 7.73. The molecular weight excluding hydrogens is 331 g/mol. The lowest BCUT2D eigenvalue weighted by molar-refractivity contribution is -0.385. The zero-order chi connectivity index (χ0) is 13.4. The molecule has 0 saturated carbocycles. The van der Waals surface area contributed by atoms with Gasteiger partial charge in [-0.3, -0.25) is 10.1 Å². The molecule has 0 radical (unpaired) electrons. The third kappa shape index (κ3) is 2.57. The maximum atomic E-state index is 12.2. The third-order valence-electron chi connectivity index (χ3n) is 1.73. The van der Waals surface area contributed by atoms with Crippen LogP contribution in [0.4, 0.5) is 18.9 Å². The Hall–Kier alpha value is -1.16. The summed E-state index contributed by atoms with van der Waals surface area (Å²) >= 11 is 2.63. The summed E-state index contributed by atoms with van der Waals surface area (Å²) in [7, 11) is -5.49. The van der Waals surface area contributed by atoms with Gasteiger partial charge in [0, 0.05) is 6.07 Å². The number of nitro benzene ring substituents is 1. The summed E-state index contributed by atoms with van der Waals surface area (Å²) in [5.74, 6) is 0. The number of halogens is 4. The molecule has 0 unspecified atom stereocenters. The van der Waals surface area contributed by atoms with Gasteiger partial charge in [-0.25, -0.2) is 8.42 Å². The van der Waals surface area contributed by atoms with Gasteiger partial charge in [-0.1, -0.05) is 0 Å². The highest BCUT2D eigenvalue weighted by Gasteiger charge is 2.47. The van der Waals surface area contributed by atoms with Crippen LogP contribution < -0.4 is 0 Å². The first kappa shape index (κ1) is 13.9. The average molecular weight is 334 g/mol. The van der Waals surface area contributed by atoms with Crippen LogP contribution in [0.5, 0.6) is 0 Å². The maximum absolute atomic E-state index is 12.2. The predicted octanol–water partition coefficient (Wildman–Crippen LogP) is 2.65. The number of sulfone groups is 1. The van der Waals surface area contributed by atoms with Gasteiger partial charge in [-0.15, -0.1) is 0 Å². The first-order valence-electron chi connectivity index (χ1n) is 3.82. The van der Waals surface area contributed by atoms with Crippen molar-refractivity contribution < 1.29 is 26.5 Å². The first-order valence-corrected chi connectivity index (χ1v) is 6.10. The molecule has 0 bridgehead atoms. The molecule has 17 heavy (non-hydrogen) atoms. The van der Waals surface area contributed by atoms with E-state index in [4.69, 9.17) is 0 Å². The largest absolute Gasteiger partial charge is 0.501 e. The van der Waals surface area contributed by atoms with E-state index in [0.717, 1.165) is 0 Å². The molecule has 5 nitrogen and oxygen atoms in total. The van der Waals surface area contributed by atoms with Gasteiger partial charge in [-0.05, 0) is 28.1 Å². The molecule has 0 amide bonds. The molecule has 1 aromatic carbocycles. The summed E-state index contributed by atoms with van der Waals surface area (Å²) in [5, 5.41) is 10.4. The second-order valence-corrected chi connectivity index (χ2v) is 5.62. The Morgan fingerprint density at radius 1 is 1.29 bits per heavy atom. The summed E-state index contributed by atoms with van der Waals surface area (Å²) < 4.78 is 58.1. The number of alkyl halides is 3. The van der Waals surface area contributed by atoms with Gasteiger partial charge < -0.3 is 0 Å². The van der Waals surface area contributed by atoms with Gasteiger partial charge in [-0.2, -0.15) is 13.2 Å². The lowest BCUT2D eigenvalue weighted by Crippen LogP contribution is -2.23.